The third kappa shape index (κ3) is 6.34. The zero-order chi connectivity index (χ0) is 22.2. The Hall–Kier alpha value is -3.80. The van der Waals surface area contributed by atoms with E-state index in [2.05, 4.69) is 5.32 Å². The maximum absolute atomic E-state index is 13.0. The molecule has 0 bridgehead atoms. The van der Waals surface area contributed by atoms with E-state index in [1.165, 1.54) is 31.2 Å². The molecule has 0 fully saturated rings. The Kier molecular flexibility index (Phi) is 7.27. The van der Waals surface area contributed by atoms with E-state index in [0.29, 0.717) is 23.3 Å². The molecule has 3 aromatic rings. The van der Waals surface area contributed by atoms with Gasteiger partial charge in [0.25, 0.3) is 5.91 Å². The molecule has 6 heteroatoms. The van der Waals surface area contributed by atoms with E-state index in [1.807, 2.05) is 30.3 Å². The van der Waals surface area contributed by atoms with Crippen molar-refractivity contribution in [1.82, 2.24) is 5.32 Å². The van der Waals surface area contributed by atoms with Gasteiger partial charge in [-0.15, -0.1) is 0 Å². The van der Waals surface area contributed by atoms with Gasteiger partial charge in [0.15, 0.2) is 18.2 Å². The molecule has 1 amide bonds. The summed E-state index contributed by atoms with van der Waals surface area (Å²) in [6, 6.07) is 20.4. The number of halogens is 1. The van der Waals surface area contributed by atoms with Gasteiger partial charge in [0.05, 0.1) is 6.04 Å². The number of Topliss-reactive ketones (excluding diaryl/α,β-unsaturated/α-hetero) is 1. The molecule has 0 spiro atoms. The van der Waals surface area contributed by atoms with Gasteiger partial charge in [-0.3, -0.25) is 14.4 Å². The second kappa shape index (κ2) is 10.3. The summed E-state index contributed by atoms with van der Waals surface area (Å²) in [6.45, 7) is 1.18. The lowest BCUT2D eigenvalue weighted by Gasteiger charge is -2.16. The standard InChI is InChI=1S/C25H22FNO4/c1-17(28)23(15-18-5-3-2-4-6-18)27-24(29)16-31-22-13-9-20(10-14-22)25(30)19-7-11-21(26)12-8-19/h2-14,23H,15-16H2,1H3,(H,27,29)/t23-/m1/s1. The Balaban J connectivity index is 1.54. The van der Waals surface area contributed by atoms with Gasteiger partial charge in [0, 0.05) is 11.1 Å². The maximum Gasteiger partial charge on any atom is 0.258 e. The fourth-order valence-corrected chi connectivity index (χ4v) is 3.00. The lowest BCUT2D eigenvalue weighted by Crippen LogP contribution is -2.43. The Morgan fingerprint density at radius 3 is 2.03 bits per heavy atom. The van der Waals surface area contributed by atoms with Crippen LogP contribution in [0.15, 0.2) is 78.9 Å². The fourth-order valence-electron chi connectivity index (χ4n) is 3.00. The Morgan fingerprint density at radius 1 is 0.871 bits per heavy atom. The largest absolute Gasteiger partial charge is 0.484 e. The molecule has 3 aromatic carbocycles. The number of amides is 1. The number of nitrogens with one attached hydrogen (secondary N) is 1. The number of ether oxygens (including phenoxy) is 1. The van der Waals surface area contributed by atoms with Crippen molar-refractivity contribution < 1.29 is 23.5 Å². The molecule has 0 aliphatic heterocycles. The lowest BCUT2D eigenvalue weighted by atomic mass is 10.0. The van der Waals surface area contributed by atoms with E-state index in [9.17, 15) is 18.8 Å². The molecule has 5 nitrogen and oxygen atoms in total. The number of rotatable bonds is 9. The molecular formula is C25H22FNO4. The average Bonchev–Trinajstić information content (AvgIpc) is 2.78. The minimum atomic E-state index is -0.630. The summed E-state index contributed by atoms with van der Waals surface area (Å²) in [5.74, 6) is -0.791. The first kappa shape index (κ1) is 21.9. The van der Waals surface area contributed by atoms with Crippen LogP contribution in [0.4, 0.5) is 4.39 Å². The highest BCUT2D eigenvalue weighted by atomic mass is 19.1. The summed E-state index contributed by atoms with van der Waals surface area (Å²) in [6.07, 6.45) is 0.405. The zero-order valence-corrected chi connectivity index (χ0v) is 17.0. The van der Waals surface area contributed by atoms with Crippen molar-refractivity contribution in [2.24, 2.45) is 0 Å². The monoisotopic (exact) mass is 419 g/mol. The van der Waals surface area contributed by atoms with Gasteiger partial charge in [-0.25, -0.2) is 4.39 Å². The van der Waals surface area contributed by atoms with Crippen LogP contribution in [0.2, 0.25) is 0 Å². The summed E-state index contributed by atoms with van der Waals surface area (Å²) >= 11 is 0. The van der Waals surface area contributed by atoms with Gasteiger partial charge >= 0.3 is 0 Å². The second-order valence-electron chi connectivity index (χ2n) is 7.07. The maximum atomic E-state index is 13.0. The van der Waals surface area contributed by atoms with Gasteiger partial charge in [0.2, 0.25) is 0 Å². The zero-order valence-electron chi connectivity index (χ0n) is 17.0. The van der Waals surface area contributed by atoms with Gasteiger partial charge in [0.1, 0.15) is 11.6 Å². The van der Waals surface area contributed by atoms with E-state index in [4.69, 9.17) is 4.74 Å². The van der Waals surface area contributed by atoms with Crippen LogP contribution in [-0.2, 0) is 16.0 Å². The molecule has 31 heavy (non-hydrogen) atoms. The molecular weight excluding hydrogens is 397 g/mol. The number of hydrogen-bond donors (Lipinski definition) is 1. The highest BCUT2D eigenvalue weighted by Gasteiger charge is 2.18. The first-order valence-corrected chi connectivity index (χ1v) is 9.79. The predicted octanol–water partition coefficient (Wildman–Crippen LogP) is 3.75. The van der Waals surface area contributed by atoms with Crippen molar-refractivity contribution in [3.8, 4) is 5.75 Å². The smallest absolute Gasteiger partial charge is 0.258 e. The molecule has 0 aliphatic carbocycles. The Bertz CT molecular complexity index is 1050. The van der Waals surface area contributed by atoms with Crippen molar-refractivity contribution >= 4 is 17.5 Å². The lowest BCUT2D eigenvalue weighted by molar-refractivity contribution is -0.128. The molecule has 0 aromatic heterocycles. The normalized spacial score (nSPS) is 11.4. The molecule has 158 valence electrons. The van der Waals surface area contributed by atoms with Crippen molar-refractivity contribution in [2.75, 3.05) is 6.61 Å². The number of carbonyl (C=O) groups excluding carboxylic acids is 3. The van der Waals surface area contributed by atoms with Crippen LogP contribution in [0.25, 0.3) is 0 Å². The van der Waals surface area contributed by atoms with Gasteiger partial charge in [-0.05, 0) is 67.4 Å². The molecule has 0 saturated heterocycles. The van der Waals surface area contributed by atoms with E-state index < -0.39 is 17.8 Å². The summed E-state index contributed by atoms with van der Waals surface area (Å²) < 4.78 is 18.5. The molecule has 0 radical (unpaired) electrons. The van der Waals surface area contributed by atoms with Crippen LogP contribution >= 0.6 is 0 Å². The van der Waals surface area contributed by atoms with Crippen molar-refractivity contribution in [3.63, 3.8) is 0 Å². The van der Waals surface area contributed by atoms with Crippen LogP contribution in [-0.4, -0.2) is 30.1 Å². The summed E-state index contributed by atoms with van der Waals surface area (Å²) in [4.78, 5) is 36.5. The number of hydrogen-bond acceptors (Lipinski definition) is 4. The van der Waals surface area contributed by atoms with Crippen molar-refractivity contribution in [2.45, 2.75) is 19.4 Å². The summed E-state index contributed by atoms with van der Waals surface area (Å²) in [5, 5.41) is 2.69. The predicted molar refractivity (Wildman–Crippen MR) is 115 cm³/mol. The highest BCUT2D eigenvalue weighted by molar-refractivity contribution is 6.09. The van der Waals surface area contributed by atoms with Crippen LogP contribution in [0.3, 0.4) is 0 Å². The van der Waals surface area contributed by atoms with Crippen molar-refractivity contribution in [3.05, 3.63) is 101 Å². The van der Waals surface area contributed by atoms with Crippen LogP contribution in [0, 0.1) is 5.82 Å². The van der Waals surface area contributed by atoms with E-state index >= 15 is 0 Å². The van der Waals surface area contributed by atoms with E-state index in [1.54, 1.807) is 24.3 Å². The summed E-state index contributed by atoms with van der Waals surface area (Å²) in [7, 11) is 0. The quantitative estimate of drug-likeness (QED) is 0.536. The molecule has 0 saturated carbocycles. The van der Waals surface area contributed by atoms with Gasteiger partial charge in [-0.1, -0.05) is 30.3 Å². The highest BCUT2D eigenvalue weighted by Crippen LogP contribution is 2.16. The second-order valence-corrected chi connectivity index (χ2v) is 7.07. The van der Waals surface area contributed by atoms with E-state index in [0.717, 1.165) is 5.56 Å². The summed E-state index contributed by atoms with van der Waals surface area (Å²) in [5.41, 5.74) is 1.75. The average molecular weight is 419 g/mol. The molecule has 0 heterocycles. The first-order chi connectivity index (χ1) is 14.9. The van der Waals surface area contributed by atoms with Crippen LogP contribution in [0.5, 0.6) is 5.75 Å². The third-order valence-electron chi connectivity index (χ3n) is 4.70. The third-order valence-corrected chi connectivity index (χ3v) is 4.70. The number of carbonyl (C=O) groups is 3. The van der Waals surface area contributed by atoms with Crippen LogP contribution < -0.4 is 10.1 Å². The van der Waals surface area contributed by atoms with Crippen LogP contribution in [0.1, 0.15) is 28.4 Å². The molecule has 0 unspecified atom stereocenters. The molecule has 1 N–H and O–H groups in total. The number of ketones is 2. The Morgan fingerprint density at radius 2 is 1.45 bits per heavy atom. The topological polar surface area (TPSA) is 72.5 Å². The van der Waals surface area contributed by atoms with Gasteiger partial charge < -0.3 is 10.1 Å². The minimum Gasteiger partial charge on any atom is -0.484 e. The Labute approximate surface area is 179 Å². The number of benzene rings is 3. The fraction of sp³-hybridized carbons (Fsp3) is 0.160. The molecule has 0 aliphatic rings. The minimum absolute atomic E-state index is 0.138. The van der Waals surface area contributed by atoms with E-state index in [-0.39, 0.29) is 18.2 Å². The molecule has 1 atom stereocenters. The van der Waals surface area contributed by atoms with Crippen molar-refractivity contribution in [1.29, 1.82) is 0 Å². The first-order valence-electron chi connectivity index (χ1n) is 9.79. The molecule has 3 rings (SSSR count). The SMILES string of the molecule is CC(=O)[C@@H](Cc1ccccc1)NC(=O)COc1ccc(C(=O)c2ccc(F)cc2)cc1. The van der Waals surface area contributed by atoms with Gasteiger partial charge in [-0.2, -0.15) is 0 Å².